The molecule has 1 atom stereocenters. The van der Waals surface area contributed by atoms with E-state index < -0.39 is 0 Å². The van der Waals surface area contributed by atoms with E-state index in [0.717, 1.165) is 29.1 Å². The predicted molar refractivity (Wildman–Crippen MR) is 123 cm³/mol. The number of carbonyl (C=O) groups is 1. The maximum atomic E-state index is 12.6. The molecule has 7 heteroatoms. The molecular formula is C24H28N4O2S. The van der Waals surface area contributed by atoms with Gasteiger partial charge in [-0.05, 0) is 61.4 Å². The van der Waals surface area contributed by atoms with Gasteiger partial charge < -0.3 is 14.6 Å². The summed E-state index contributed by atoms with van der Waals surface area (Å²) in [6, 6.07) is 14.3. The molecule has 0 bridgehead atoms. The topological polar surface area (TPSA) is 69.0 Å². The minimum absolute atomic E-state index is 0.0128. The van der Waals surface area contributed by atoms with E-state index in [1.165, 1.54) is 42.2 Å². The Bertz CT molecular complexity index is 1080. The first-order valence-electron chi connectivity index (χ1n) is 10.6. The Morgan fingerprint density at radius 1 is 1.16 bits per heavy atom. The molecule has 31 heavy (non-hydrogen) atoms. The van der Waals surface area contributed by atoms with Crippen LogP contribution in [0, 0.1) is 0 Å². The van der Waals surface area contributed by atoms with E-state index in [1.54, 1.807) is 7.11 Å². The number of hydrogen-bond acceptors (Lipinski definition) is 5. The van der Waals surface area contributed by atoms with E-state index in [-0.39, 0.29) is 11.9 Å². The number of nitrogens with one attached hydrogen (secondary N) is 1. The van der Waals surface area contributed by atoms with Crippen molar-refractivity contribution in [2.45, 2.75) is 43.8 Å². The summed E-state index contributed by atoms with van der Waals surface area (Å²) in [7, 11) is 3.55. The summed E-state index contributed by atoms with van der Waals surface area (Å²) in [5, 5.41) is 12.4. The number of thioether (sulfide) groups is 1. The fraction of sp³-hybridized carbons (Fsp3) is 0.375. The standard InChI is InChI=1S/C24H28N4O2S/c1-16(18-12-11-17-7-4-5-8-19(17)13-18)25-22(29)15-31-24-27-26-23(28(24)2)20-9-6-10-21(14-20)30-3/h6,9-14,16H,4-5,7-8,15H2,1-3H3,(H,25,29)/t16-/m0/s1. The summed E-state index contributed by atoms with van der Waals surface area (Å²) >= 11 is 1.39. The van der Waals surface area contributed by atoms with Gasteiger partial charge in [-0.2, -0.15) is 0 Å². The van der Waals surface area contributed by atoms with E-state index in [1.807, 2.05) is 42.8 Å². The number of methoxy groups -OCH3 is 1. The van der Waals surface area contributed by atoms with Gasteiger partial charge in [-0.3, -0.25) is 4.79 Å². The van der Waals surface area contributed by atoms with Crippen molar-refractivity contribution in [1.29, 1.82) is 0 Å². The summed E-state index contributed by atoms with van der Waals surface area (Å²) < 4.78 is 7.19. The Morgan fingerprint density at radius 3 is 2.77 bits per heavy atom. The molecule has 1 aliphatic rings. The third-order valence-corrected chi connectivity index (χ3v) is 6.77. The van der Waals surface area contributed by atoms with Crippen molar-refractivity contribution < 1.29 is 9.53 Å². The molecule has 3 aromatic rings. The summed E-state index contributed by atoms with van der Waals surface area (Å²) in [5.74, 6) is 1.79. The number of hydrogen-bond donors (Lipinski definition) is 1. The molecule has 4 rings (SSSR count). The molecule has 6 nitrogen and oxygen atoms in total. The van der Waals surface area contributed by atoms with E-state index >= 15 is 0 Å². The van der Waals surface area contributed by atoms with Crippen molar-refractivity contribution in [3.63, 3.8) is 0 Å². The molecular weight excluding hydrogens is 408 g/mol. The molecule has 0 unspecified atom stereocenters. The van der Waals surface area contributed by atoms with Gasteiger partial charge >= 0.3 is 0 Å². The molecule has 162 valence electrons. The van der Waals surface area contributed by atoms with Crippen molar-refractivity contribution in [2.75, 3.05) is 12.9 Å². The largest absolute Gasteiger partial charge is 0.497 e. The van der Waals surface area contributed by atoms with Crippen LogP contribution in [-0.4, -0.2) is 33.5 Å². The highest BCUT2D eigenvalue weighted by Crippen LogP contribution is 2.27. The Kier molecular flexibility index (Phi) is 6.61. The van der Waals surface area contributed by atoms with Crippen molar-refractivity contribution in [1.82, 2.24) is 20.1 Å². The summed E-state index contributed by atoms with van der Waals surface area (Å²) in [6.45, 7) is 2.04. The molecule has 1 aromatic heterocycles. The maximum absolute atomic E-state index is 12.6. The number of aryl methyl sites for hydroxylation is 2. The quantitative estimate of drug-likeness (QED) is 0.558. The maximum Gasteiger partial charge on any atom is 0.230 e. The van der Waals surface area contributed by atoms with Crippen LogP contribution in [0.15, 0.2) is 47.6 Å². The molecule has 0 fully saturated rings. The Morgan fingerprint density at radius 2 is 1.97 bits per heavy atom. The van der Waals surface area contributed by atoms with Crippen molar-refractivity contribution in [2.24, 2.45) is 7.05 Å². The van der Waals surface area contributed by atoms with Gasteiger partial charge in [-0.25, -0.2) is 0 Å². The van der Waals surface area contributed by atoms with Crippen LogP contribution in [0.5, 0.6) is 5.75 Å². The van der Waals surface area contributed by atoms with Crippen LogP contribution in [0.3, 0.4) is 0 Å². The first-order chi connectivity index (χ1) is 15.0. The lowest BCUT2D eigenvalue weighted by Crippen LogP contribution is -2.28. The monoisotopic (exact) mass is 436 g/mol. The second-order valence-electron chi connectivity index (χ2n) is 7.91. The van der Waals surface area contributed by atoms with Crippen LogP contribution in [0.2, 0.25) is 0 Å². The zero-order valence-corrected chi connectivity index (χ0v) is 19.0. The van der Waals surface area contributed by atoms with Gasteiger partial charge in [-0.15, -0.1) is 10.2 Å². The summed E-state index contributed by atoms with van der Waals surface area (Å²) in [5.41, 5.74) is 4.98. The minimum Gasteiger partial charge on any atom is -0.497 e. The van der Waals surface area contributed by atoms with Gasteiger partial charge in [0.25, 0.3) is 0 Å². The zero-order chi connectivity index (χ0) is 21.8. The first-order valence-corrected chi connectivity index (χ1v) is 11.6. The number of rotatable bonds is 7. The first kappa shape index (κ1) is 21.4. The lowest BCUT2D eigenvalue weighted by molar-refractivity contribution is -0.119. The molecule has 0 spiro atoms. The van der Waals surface area contributed by atoms with Crippen molar-refractivity contribution in [3.05, 3.63) is 59.2 Å². The predicted octanol–water partition coefficient (Wildman–Crippen LogP) is 4.34. The molecule has 1 N–H and O–H groups in total. The highest BCUT2D eigenvalue weighted by atomic mass is 32.2. The SMILES string of the molecule is COc1cccc(-c2nnc(SCC(=O)N[C@@H](C)c3ccc4c(c3)CCCC4)n2C)c1. The zero-order valence-electron chi connectivity index (χ0n) is 18.2. The minimum atomic E-state index is -0.0211. The lowest BCUT2D eigenvalue weighted by Gasteiger charge is -2.20. The van der Waals surface area contributed by atoms with Gasteiger partial charge in [0.2, 0.25) is 5.91 Å². The van der Waals surface area contributed by atoms with Gasteiger partial charge in [0.05, 0.1) is 18.9 Å². The smallest absolute Gasteiger partial charge is 0.230 e. The van der Waals surface area contributed by atoms with E-state index in [0.29, 0.717) is 10.9 Å². The van der Waals surface area contributed by atoms with E-state index in [2.05, 4.69) is 33.7 Å². The third kappa shape index (κ3) is 4.93. The fourth-order valence-electron chi connectivity index (χ4n) is 3.97. The van der Waals surface area contributed by atoms with Crippen LogP contribution in [0.25, 0.3) is 11.4 Å². The van der Waals surface area contributed by atoms with Crippen LogP contribution in [0.1, 0.15) is 42.5 Å². The van der Waals surface area contributed by atoms with Crippen LogP contribution < -0.4 is 10.1 Å². The van der Waals surface area contributed by atoms with Gasteiger partial charge in [-0.1, -0.05) is 42.1 Å². The molecule has 0 saturated carbocycles. The van der Waals surface area contributed by atoms with Crippen molar-refractivity contribution >= 4 is 17.7 Å². The Hall–Kier alpha value is -2.80. The Labute approximate surface area is 187 Å². The highest BCUT2D eigenvalue weighted by Gasteiger charge is 2.16. The summed E-state index contributed by atoms with van der Waals surface area (Å²) in [6.07, 6.45) is 4.84. The van der Waals surface area contributed by atoms with Crippen molar-refractivity contribution in [3.8, 4) is 17.1 Å². The highest BCUT2D eigenvalue weighted by molar-refractivity contribution is 7.99. The van der Waals surface area contributed by atoms with E-state index in [9.17, 15) is 4.79 Å². The van der Waals surface area contributed by atoms with Gasteiger partial charge in [0, 0.05) is 12.6 Å². The third-order valence-electron chi connectivity index (χ3n) is 5.75. The van der Waals surface area contributed by atoms with Gasteiger partial charge in [0.15, 0.2) is 11.0 Å². The average Bonchev–Trinajstić information content (AvgIpc) is 3.17. The molecule has 0 radical (unpaired) electrons. The molecule has 2 aromatic carbocycles. The molecule has 1 aliphatic carbocycles. The van der Waals surface area contributed by atoms with Crippen LogP contribution in [-0.2, 0) is 24.7 Å². The Balaban J connectivity index is 1.36. The summed E-state index contributed by atoms with van der Waals surface area (Å²) in [4.78, 5) is 12.6. The molecule has 0 aliphatic heterocycles. The lowest BCUT2D eigenvalue weighted by atomic mass is 9.89. The number of nitrogens with zero attached hydrogens (tertiary/aromatic N) is 3. The second-order valence-corrected chi connectivity index (χ2v) is 8.85. The molecule has 1 amide bonds. The number of ether oxygens (including phenoxy) is 1. The van der Waals surface area contributed by atoms with Crippen LogP contribution in [0.4, 0.5) is 0 Å². The molecule has 1 heterocycles. The normalized spacial score (nSPS) is 14.0. The number of carbonyl (C=O) groups excluding carboxylic acids is 1. The average molecular weight is 437 g/mol. The number of amides is 1. The van der Waals surface area contributed by atoms with E-state index in [4.69, 9.17) is 4.74 Å². The number of fused-ring (bicyclic) bond motifs is 1. The molecule has 0 saturated heterocycles. The number of aromatic nitrogens is 3. The second kappa shape index (κ2) is 9.56. The number of benzene rings is 2. The van der Waals surface area contributed by atoms with Crippen LogP contribution >= 0.6 is 11.8 Å². The fourth-order valence-corrected chi connectivity index (χ4v) is 4.70. The van der Waals surface area contributed by atoms with Gasteiger partial charge in [0.1, 0.15) is 5.75 Å².